The van der Waals surface area contributed by atoms with Gasteiger partial charge in [0, 0.05) is 18.2 Å². The van der Waals surface area contributed by atoms with E-state index in [1.54, 1.807) is 13.0 Å². The summed E-state index contributed by atoms with van der Waals surface area (Å²) in [6, 6.07) is 0.975. The third-order valence-corrected chi connectivity index (χ3v) is 5.16. The van der Waals surface area contributed by atoms with E-state index in [9.17, 15) is 19.2 Å². The number of fused-ring (bicyclic) bond motifs is 1. The summed E-state index contributed by atoms with van der Waals surface area (Å²) < 4.78 is 14.7. The van der Waals surface area contributed by atoms with Crippen molar-refractivity contribution in [2.24, 2.45) is 11.8 Å². The Bertz CT molecular complexity index is 744. The zero-order chi connectivity index (χ0) is 19.1. The molecular weight excluding hydrogens is 344 g/mol. The van der Waals surface area contributed by atoms with Gasteiger partial charge in [-0.25, -0.2) is 0 Å². The Morgan fingerprint density at radius 3 is 2.54 bits per heavy atom. The number of amides is 2. The van der Waals surface area contributed by atoms with E-state index >= 15 is 0 Å². The van der Waals surface area contributed by atoms with Crippen molar-refractivity contribution in [2.45, 2.75) is 24.9 Å². The van der Waals surface area contributed by atoms with Crippen molar-refractivity contribution in [3.63, 3.8) is 0 Å². The molecule has 140 valence electrons. The lowest BCUT2D eigenvalue weighted by atomic mass is 9.77. The predicted octanol–water partition coefficient (Wildman–Crippen LogP) is 0.0199. The number of nitrogens with one attached hydrogen (secondary N) is 1. The summed E-state index contributed by atoms with van der Waals surface area (Å²) in [5.41, 5.74) is -1.08. The van der Waals surface area contributed by atoms with E-state index in [-0.39, 0.29) is 6.54 Å². The van der Waals surface area contributed by atoms with Crippen LogP contribution in [0.4, 0.5) is 0 Å². The number of esters is 2. The molecule has 26 heavy (non-hydrogen) atoms. The second-order valence-electron chi connectivity index (χ2n) is 6.32. The number of methoxy groups -OCH3 is 2. The number of furan rings is 1. The van der Waals surface area contributed by atoms with Crippen LogP contribution in [-0.2, 0) is 28.7 Å². The van der Waals surface area contributed by atoms with Crippen LogP contribution in [0.1, 0.15) is 24.9 Å². The van der Waals surface area contributed by atoms with Gasteiger partial charge in [0.1, 0.15) is 5.54 Å². The Morgan fingerprint density at radius 1 is 1.27 bits per heavy atom. The maximum atomic E-state index is 12.9. The molecule has 2 saturated heterocycles. The molecular formula is C17H20N2O7. The number of nitrogens with zero attached hydrogens (tertiary/aromatic N) is 1. The lowest BCUT2D eigenvalue weighted by Crippen LogP contribution is -2.57. The van der Waals surface area contributed by atoms with Gasteiger partial charge in [0.2, 0.25) is 11.8 Å². The van der Waals surface area contributed by atoms with E-state index in [0.29, 0.717) is 5.56 Å². The van der Waals surface area contributed by atoms with Gasteiger partial charge in [-0.1, -0.05) is 0 Å². The summed E-state index contributed by atoms with van der Waals surface area (Å²) >= 11 is 0. The second-order valence-corrected chi connectivity index (χ2v) is 6.32. The minimum atomic E-state index is -1.69. The summed E-state index contributed by atoms with van der Waals surface area (Å²) in [6.07, 6.45) is 2.44. The first kappa shape index (κ1) is 18.1. The highest BCUT2D eigenvalue weighted by molar-refractivity contribution is 6.10. The minimum Gasteiger partial charge on any atom is -0.472 e. The van der Waals surface area contributed by atoms with Crippen LogP contribution < -0.4 is 5.32 Å². The molecule has 0 spiro atoms. The smallest absolute Gasteiger partial charge is 0.327 e. The molecule has 0 radical (unpaired) electrons. The Morgan fingerprint density at radius 2 is 2.00 bits per heavy atom. The molecule has 1 aromatic rings. The normalized spacial score (nSPS) is 30.4. The fraction of sp³-hybridized carbons (Fsp3) is 0.529. The molecule has 3 heterocycles. The molecule has 0 saturated carbocycles. The van der Waals surface area contributed by atoms with Gasteiger partial charge in [0.15, 0.2) is 0 Å². The van der Waals surface area contributed by atoms with Gasteiger partial charge in [0.05, 0.1) is 45.0 Å². The molecule has 0 bridgehead atoms. The van der Waals surface area contributed by atoms with Crippen molar-refractivity contribution in [2.75, 3.05) is 20.8 Å². The predicted molar refractivity (Wildman–Crippen MR) is 85.3 cm³/mol. The molecule has 1 aromatic heterocycles. The van der Waals surface area contributed by atoms with Gasteiger partial charge in [-0.15, -0.1) is 0 Å². The topological polar surface area (TPSA) is 115 Å². The monoisotopic (exact) mass is 364 g/mol. The number of hydrogen-bond donors (Lipinski definition) is 1. The van der Waals surface area contributed by atoms with E-state index in [1.165, 1.54) is 26.7 Å². The molecule has 0 aliphatic carbocycles. The van der Waals surface area contributed by atoms with Crippen LogP contribution >= 0.6 is 0 Å². The quantitative estimate of drug-likeness (QED) is 0.574. The molecule has 2 amide bonds. The van der Waals surface area contributed by atoms with E-state index in [4.69, 9.17) is 13.9 Å². The molecule has 2 fully saturated rings. The second kappa shape index (κ2) is 6.56. The molecule has 9 heteroatoms. The Balaban J connectivity index is 2.14. The molecule has 2 aliphatic heterocycles. The van der Waals surface area contributed by atoms with Gasteiger partial charge in [-0.2, -0.15) is 0 Å². The largest absolute Gasteiger partial charge is 0.472 e. The van der Waals surface area contributed by atoms with E-state index in [1.807, 2.05) is 0 Å². The summed E-state index contributed by atoms with van der Waals surface area (Å²) in [5.74, 6) is -4.29. The van der Waals surface area contributed by atoms with Crippen molar-refractivity contribution < 1.29 is 33.1 Å². The highest BCUT2D eigenvalue weighted by Gasteiger charge is 2.69. The maximum Gasteiger partial charge on any atom is 0.327 e. The van der Waals surface area contributed by atoms with E-state index < -0.39 is 53.6 Å². The van der Waals surface area contributed by atoms with E-state index in [0.717, 1.165) is 4.90 Å². The molecule has 9 nitrogen and oxygen atoms in total. The highest BCUT2D eigenvalue weighted by Crippen LogP contribution is 2.50. The fourth-order valence-corrected chi connectivity index (χ4v) is 4.02. The Hall–Kier alpha value is -2.68. The lowest BCUT2D eigenvalue weighted by Gasteiger charge is -2.31. The van der Waals surface area contributed by atoms with Gasteiger partial charge < -0.3 is 13.9 Å². The zero-order valence-electron chi connectivity index (χ0n) is 14.7. The molecule has 3 rings (SSSR count). The van der Waals surface area contributed by atoms with Crippen LogP contribution in [0, 0.1) is 11.8 Å². The van der Waals surface area contributed by atoms with Crippen LogP contribution in [0.15, 0.2) is 23.0 Å². The van der Waals surface area contributed by atoms with Gasteiger partial charge >= 0.3 is 11.9 Å². The summed E-state index contributed by atoms with van der Waals surface area (Å²) in [6.45, 7) is 1.86. The SMILES string of the molecule is CCN1C(=O)[C@H]2[C@@H](C1=O)[C@@](CC(=O)OC)(C(=O)OC)N[C@H]2c1ccoc1. The molecule has 2 aliphatic rings. The Kier molecular flexibility index (Phi) is 4.57. The average Bonchev–Trinajstić information content (AvgIpc) is 3.32. The highest BCUT2D eigenvalue weighted by atomic mass is 16.5. The molecule has 0 aromatic carbocycles. The minimum absolute atomic E-state index is 0.179. The number of imide groups is 1. The van der Waals surface area contributed by atoms with Gasteiger partial charge in [0.25, 0.3) is 0 Å². The standard InChI is InChI=1S/C17H20N2O7/c1-4-19-14(21)11-12(15(19)22)17(16(23)25-3,7-10(20)24-2)18-13(11)9-5-6-26-8-9/h5-6,8,11-13,18H,4,7H2,1-3H3/t11-,12-,13-,17-/m0/s1. The first-order valence-corrected chi connectivity index (χ1v) is 8.21. The number of likely N-dealkylation sites (tertiary alicyclic amines) is 1. The van der Waals surface area contributed by atoms with Crippen LogP contribution in [0.3, 0.4) is 0 Å². The van der Waals surface area contributed by atoms with E-state index in [2.05, 4.69) is 5.32 Å². The van der Waals surface area contributed by atoms with Gasteiger partial charge in [-0.3, -0.25) is 29.4 Å². The van der Waals surface area contributed by atoms with Crippen LogP contribution in [0.5, 0.6) is 0 Å². The third-order valence-electron chi connectivity index (χ3n) is 5.16. The average molecular weight is 364 g/mol. The van der Waals surface area contributed by atoms with Crippen LogP contribution in [0.2, 0.25) is 0 Å². The molecule has 0 unspecified atom stereocenters. The number of hydrogen-bond acceptors (Lipinski definition) is 8. The molecule has 4 atom stereocenters. The van der Waals surface area contributed by atoms with Crippen LogP contribution in [-0.4, -0.2) is 55.0 Å². The van der Waals surface area contributed by atoms with Crippen molar-refractivity contribution in [1.29, 1.82) is 0 Å². The van der Waals surface area contributed by atoms with Crippen molar-refractivity contribution in [1.82, 2.24) is 10.2 Å². The Labute approximate surface area is 149 Å². The first-order chi connectivity index (χ1) is 12.4. The number of rotatable bonds is 5. The number of ether oxygens (including phenoxy) is 2. The summed E-state index contributed by atoms with van der Waals surface area (Å²) in [7, 11) is 2.36. The zero-order valence-corrected chi connectivity index (χ0v) is 14.7. The molecule has 1 N–H and O–H groups in total. The third kappa shape index (κ3) is 2.42. The first-order valence-electron chi connectivity index (χ1n) is 8.21. The summed E-state index contributed by atoms with van der Waals surface area (Å²) in [5, 5.41) is 3.03. The van der Waals surface area contributed by atoms with Gasteiger partial charge in [-0.05, 0) is 13.0 Å². The summed E-state index contributed by atoms with van der Waals surface area (Å²) in [4.78, 5) is 51.6. The van der Waals surface area contributed by atoms with Crippen LogP contribution in [0.25, 0.3) is 0 Å². The number of carbonyl (C=O) groups is 4. The fourth-order valence-electron chi connectivity index (χ4n) is 4.02. The van der Waals surface area contributed by atoms with Crippen molar-refractivity contribution in [3.05, 3.63) is 24.2 Å². The van der Waals surface area contributed by atoms with Crippen molar-refractivity contribution >= 4 is 23.8 Å². The lowest BCUT2D eigenvalue weighted by molar-refractivity contribution is -0.159. The number of carbonyl (C=O) groups excluding carboxylic acids is 4. The van der Waals surface area contributed by atoms with Crippen molar-refractivity contribution in [3.8, 4) is 0 Å². The maximum absolute atomic E-state index is 12.9.